The van der Waals surface area contributed by atoms with E-state index < -0.39 is 0 Å². The van der Waals surface area contributed by atoms with Gasteiger partial charge in [-0.1, -0.05) is 11.6 Å². The van der Waals surface area contributed by atoms with E-state index in [4.69, 9.17) is 11.6 Å². The third kappa shape index (κ3) is 2.52. The van der Waals surface area contributed by atoms with Gasteiger partial charge in [0.2, 0.25) is 0 Å². The minimum Gasteiger partial charge on any atom is -0.319 e. The summed E-state index contributed by atoms with van der Waals surface area (Å²) >= 11 is 5.96. The van der Waals surface area contributed by atoms with E-state index in [1.807, 2.05) is 40.5 Å². The fourth-order valence-corrected chi connectivity index (χ4v) is 2.30. The van der Waals surface area contributed by atoms with Gasteiger partial charge in [-0.25, -0.2) is 4.98 Å². The van der Waals surface area contributed by atoms with Gasteiger partial charge in [-0.15, -0.1) is 10.2 Å². The predicted octanol–water partition coefficient (Wildman–Crippen LogP) is 1.97. The van der Waals surface area contributed by atoms with Crippen molar-refractivity contribution in [3.63, 3.8) is 0 Å². The van der Waals surface area contributed by atoms with Crippen LogP contribution in [0.25, 0.3) is 5.65 Å². The number of hydrogen-bond donors (Lipinski definition) is 1. The molecule has 3 aromatic heterocycles. The number of nitrogens with zero attached hydrogens (tertiary/aromatic N) is 5. The minimum absolute atomic E-state index is 0.107. The summed E-state index contributed by atoms with van der Waals surface area (Å²) in [5.74, 6) is 0.900. The van der Waals surface area contributed by atoms with Crippen molar-refractivity contribution in [2.75, 3.05) is 0 Å². The van der Waals surface area contributed by atoms with E-state index >= 15 is 0 Å². The Kier molecular flexibility index (Phi) is 3.42. The van der Waals surface area contributed by atoms with Gasteiger partial charge in [0.15, 0.2) is 0 Å². The molecule has 0 aliphatic rings. The number of nitrogens with one attached hydrogen (secondary N) is 1. The van der Waals surface area contributed by atoms with Crippen molar-refractivity contribution < 1.29 is 0 Å². The first-order valence-electron chi connectivity index (χ1n) is 6.34. The van der Waals surface area contributed by atoms with Crippen LogP contribution in [0.15, 0.2) is 30.9 Å². The largest absolute Gasteiger partial charge is 0.319 e. The van der Waals surface area contributed by atoms with Crippen molar-refractivity contribution in [3.05, 3.63) is 47.4 Å². The Morgan fingerprint density at radius 3 is 2.95 bits per heavy atom. The standard InChI is InChI=1S/C13H15ClN6/c1-9(13-18-16-8-19(13)2)15-5-11-7-20-6-10(14)3-4-12(20)17-11/h3-4,6-9,15H,5H2,1-2H3. The maximum atomic E-state index is 5.96. The number of imidazole rings is 1. The number of hydrogen-bond acceptors (Lipinski definition) is 4. The molecular weight excluding hydrogens is 276 g/mol. The molecule has 3 aromatic rings. The number of pyridine rings is 1. The smallest absolute Gasteiger partial charge is 0.149 e. The fraction of sp³-hybridized carbons (Fsp3) is 0.308. The fourth-order valence-electron chi connectivity index (χ4n) is 2.14. The summed E-state index contributed by atoms with van der Waals surface area (Å²) in [4.78, 5) is 4.53. The zero-order chi connectivity index (χ0) is 14.1. The number of aryl methyl sites for hydroxylation is 1. The molecule has 0 bridgehead atoms. The van der Waals surface area contributed by atoms with E-state index in [2.05, 4.69) is 27.4 Å². The van der Waals surface area contributed by atoms with Gasteiger partial charge in [-0.2, -0.15) is 0 Å². The van der Waals surface area contributed by atoms with Crippen LogP contribution in [-0.4, -0.2) is 24.1 Å². The second-order valence-corrected chi connectivity index (χ2v) is 5.18. The van der Waals surface area contributed by atoms with Crippen LogP contribution in [0.5, 0.6) is 0 Å². The van der Waals surface area contributed by atoms with Crippen LogP contribution in [0.1, 0.15) is 24.5 Å². The highest BCUT2D eigenvalue weighted by Gasteiger charge is 2.11. The van der Waals surface area contributed by atoms with Gasteiger partial charge in [0.25, 0.3) is 0 Å². The molecule has 20 heavy (non-hydrogen) atoms. The van der Waals surface area contributed by atoms with Crippen LogP contribution < -0.4 is 5.32 Å². The van der Waals surface area contributed by atoms with E-state index in [1.165, 1.54) is 0 Å². The molecule has 1 atom stereocenters. The Bertz CT molecular complexity index is 731. The van der Waals surface area contributed by atoms with Gasteiger partial charge in [0.1, 0.15) is 17.8 Å². The third-order valence-corrected chi connectivity index (χ3v) is 3.41. The first-order chi connectivity index (χ1) is 9.63. The van der Waals surface area contributed by atoms with Crippen LogP contribution in [0.4, 0.5) is 0 Å². The lowest BCUT2D eigenvalue weighted by atomic mass is 10.3. The zero-order valence-electron chi connectivity index (χ0n) is 11.3. The van der Waals surface area contributed by atoms with Crippen LogP contribution in [0.2, 0.25) is 5.02 Å². The average Bonchev–Trinajstić information content (AvgIpc) is 3.01. The summed E-state index contributed by atoms with van der Waals surface area (Å²) < 4.78 is 3.83. The highest BCUT2D eigenvalue weighted by Crippen LogP contribution is 2.13. The van der Waals surface area contributed by atoms with Crippen molar-refractivity contribution in [1.82, 2.24) is 29.5 Å². The summed E-state index contributed by atoms with van der Waals surface area (Å²) in [6.07, 6.45) is 5.51. The Morgan fingerprint density at radius 2 is 2.20 bits per heavy atom. The molecule has 0 radical (unpaired) electrons. The predicted molar refractivity (Wildman–Crippen MR) is 76.5 cm³/mol. The van der Waals surface area contributed by atoms with E-state index in [9.17, 15) is 0 Å². The van der Waals surface area contributed by atoms with Crippen LogP contribution in [0, 0.1) is 0 Å². The quantitative estimate of drug-likeness (QED) is 0.798. The van der Waals surface area contributed by atoms with E-state index in [0.717, 1.165) is 17.2 Å². The monoisotopic (exact) mass is 290 g/mol. The molecule has 3 heterocycles. The lowest BCUT2D eigenvalue weighted by Gasteiger charge is -2.11. The van der Waals surface area contributed by atoms with Crippen molar-refractivity contribution >= 4 is 17.2 Å². The average molecular weight is 291 g/mol. The van der Waals surface area contributed by atoms with Gasteiger partial charge < -0.3 is 14.3 Å². The molecular formula is C13H15ClN6. The highest BCUT2D eigenvalue weighted by atomic mass is 35.5. The molecule has 6 nitrogen and oxygen atoms in total. The summed E-state index contributed by atoms with van der Waals surface area (Å²) in [7, 11) is 1.93. The molecule has 104 valence electrons. The minimum atomic E-state index is 0.107. The molecule has 0 aliphatic carbocycles. The highest BCUT2D eigenvalue weighted by molar-refractivity contribution is 6.30. The molecule has 0 amide bonds. The molecule has 0 fully saturated rings. The summed E-state index contributed by atoms with van der Waals surface area (Å²) in [5, 5.41) is 12.1. The summed E-state index contributed by atoms with van der Waals surface area (Å²) in [6.45, 7) is 2.71. The number of rotatable bonds is 4. The van der Waals surface area contributed by atoms with Crippen molar-refractivity contribution in [1.29, 1.82) is 0 Å². The molecule has 0 saturated carbocycles. The van der Waals surface area contributed by atoms with E-state index in [-0.39, 0.29) is 6.04 Å². The molecule has 7 heteroatoms. The molecule has 0 aromatic carbocycles. The zero-order valence-corrected chi connectivity index (χ0v) is 12.0. The maximum absolute atomic E-state index is 5.96. The Labute approximate surface area is 121 Å². The Balaban J connectivity index is 1.72. The van der Waals surface area contributed by atoms with Crippen LogP contribution >= 0.6 is 11.6 Å². The molecule has 3 rings (SSSR count). The van der Waals surface area contributed by atoms with Gasteiger partial charge in [-0.05, 0) is 19.1 Å². The second-order valence-electron chi connectivity index (χ2n) is 4.75. The Hall–Kier alpha value is -1.92. The normalized spacial score (nSPS) is 12.9. The lowest BCUT2D eigenvalue weighted by Crippen LogP contribution is -2.21. The third-order valence-electron chi connectivity index (χ3n) is 3.19. The summed E-state index contributed by atoms with van der Waals surface area (Å²) in [5.41, 5.74) is 1.85. The van der Waals surface area contributed by atoms with Gasteiger partial charge in [-0.3, -0.25) is 0 Å². The topological polar surface area (TPSA) is 60.0 Å². The maximum Gasteiger partial charge on any atom is 0.149 e. The van der Waals surface area contributed by atoms with Gasteiger partial charge in [0, 0.05) is 26.0 Å². The van der Waals surface area contributed by atoms with Crippen molar-refractivity contribution in [2.45, 2.75) is 19.5 Å². The molecule has 1 unspecified atom stereocenters. The molecule has 0 aliphatic heterocycles. The van der Waals surface area contributed by atoms with E-state index in [1.54, 1.807) is 6.33 Å². The Morgan fingerprint density at radius 1 is 1.35 bits per heavy atom. The number of fused-ring (bicyclic) bond motifs is 1. The van der Waals surface area contributed by atoms with E-state index in [0.29, 0.717) is 11.6 Å². The van der Waals surface area contributed by atoms with Gasteiger partial charge in [0.05, 0.1) is 16.8 Å². The molecule has 0 spiro atoms. The lowest BCUT2D eigenvalue weighted by molar-refractivity contribution is 0.524. The number of aromatic nitrogens is 5. The summed E-state index contributed by atoms with van der Waals surface area (Å²) in [6, 6.07) is 3.84. The van der Waals surface area contributed by atoms with Gasteiger partial charge >= 0.3 is 0 Å². The number of halogens is 1. The SMILES string of the molecule is CC(NCc1cn2cc(Cl)ccc2n1)c1nncn1C. The van der Waals surface area contributed by atoms with Crippen LogP contribution in [-0.2, 0) is 13.6 Å². The molecule has 1 N–H and O–H groups in total. The first-order valence-corrected chi connectivity index (χ1v) is 6.71. The van der Waals surface area contributed by atoms with Crippen molar-refractivity contribution in [2.24, 2.45) is 7.05 Å². The van der Waals surface area contributed by atoms with Crippen LogP contribution in [0.3, 0.4) is 0 Å². The van der Waals surface area contributed by atoms with Crippen molar-refractivity contribution in [3.8, 4) is 0 Å². The first kappa shape index (κ1) is 13.1. The molecule has 0 saturated heterocycles. The second kappa shape index (κ2) is 5.22.